The molecule has 0 N–H and O–H groups in total. The summed E-state index contributed by atoms with van der Waals surface area (Å²) in [5, 5.41) is 15.2. The molecule has 1 aromatic heterocycles. The molecule has 0 fully saturated rings. The molecule has 0 radical (unpaired) electrons. The molecule has 0 amide bonds. The Labute approximate surface area is 201 Å². The molecule has 2 rings (SSSR count). The van der Waals surface area contributed by atoms with Gasteiger partial charge < -0.3 is 4.18 Å². The van der Waals surface area contributed by atoms with Gasteiger partial charge in [-0.25, -0.2) is 4.68 Å². The van der Waals surface area contributed by atoms with Crippen LogP contribution in [0.2, 0.25) is 0 Å². The summed E-state index contributed by atoms with van der Waals surface area (Å²) in [6, 6.07) is 2.71. The maximum absolute atomic E-state index is 13.8. The minimum Gasteiger partial charge on any atom is -0.361 e. The number of aryl methyl sites for hydroxylation is 1. The van der Waals surface area contributed by atoms with Crippen LogP contribution >= 0.6 is 0 Å². The van der Waals surface area contributed by atoms with E-state index in [1.807, 2.05) is 27.7 Å². The van der Waals surface area contributed by atoms with Gasteiger partial charge in [0, 0.05) is 18.2 Å². The van der Waals surface area contributed by atoms with E-state index in [1.54, 1.807) is 20.8 Å². The monoisotopic (exact) mass is 491 g/mol. The number of allylic oxidation sites excluding steroid dienone is 2. The second kappa shape index (κ2) is 10.1. The van der Waals surface area contributed by atoms with Crippen molar-refractivity contribution in [3.05, 3.63) is 55.8 Å². The lowest BCUT2D eigenvalue weighted by atomic mass is 9.90. The molecule has 0 spiro atoms. The first kappa shape index (κ1) is 27.2. The molecule has 0 unspecified atom stereocenters. The van der Waals surface area contributed by atoms with Crippen molar-refractivity contribution in [2.45, 2.75) is 74.1 Å². The number of carbonyl (C=O) groups is 1. The lowest BCUT2D eigenvalue weighted by Crippen LogP contribution is -2.23. The highest BCUT2D eigenvalue weighted by Crippen LogP contribution is 2.36. The number of rotatable bonds is 9. The van der Waals surface area contributed by atoms with Crippen molar-refractivity contribution in [2.75, 3.05) is 0 Å². The first-order chi connectivity index (χ1) is 15.6. The largest absolute Gasteiger partial charge is 0.361 e. The SMILES string of the molecule is CC(C)=C(C)c1c([N+](=O)[O-])ccc(C(=O)c2c(C)nn(CC(C)C)c2OS(=O)(=O)C(C)C)c1C. The van der Waals surface area contributed by atoms with E-state index in [9.17, 15) is 23.3 Å². The van der Waals surface area contributed by atoms with E-state index >= 15 is 0 Å². The lowest BCUT2D eigenvalue weighted by molar-refractivity contribution is -0.385. The molecule has 10 heteroatoms. The molecule has 9 nitrogen and oxygen atoms in total. The number of ketones is 1. The van der Waals surface area contributed by atoms with E-state index < -0.39 is 26.1 Å². The molecule has 1 heterocycles. The second-order valence-corrected chi connectivity index (χ2v) is 11.4. The van der Waals surface area contributed by atoms with E-state index in [4.69, 9.17) is 4.18 Å². The summed E-state index contributed by atoms with van der Waals surface area (Å²) >= 11 is 0. The van der Waals surface area contributed by atoms with Crippen LogP contribution in [0.1, 0.15) is 81.2 Å². The van der Waals surface area contributed by atoms with Gasteiger partial charge in [0.15, 0.2) is 0 Å². The Morgan fingerprint density at radius 2 is 1.71 bits per heavy atom. The molecule has 0 aliphatic carbocycles. The first-order valence-electron chi connectivity index (χ1n) is 11.1. The third-order valence-electron chi connectivity index (χ3n) is 5.63. The molecular weight excluding hydrogens is 458 g/mol. The van der Waals surface area contributed by atoms with Gasteiger partial charge in [-0.2, -0.15) is 13.5 Å². The fraction of sp³-hybridized carbons (Fsp3) is 0.500. The zero-order chi connectivity index (χ0) is 26.1. The molecule has 0 saturated heterocycles. The van der Waals surface area contributed by atoms with Crippen LogP contribution in [-0.4, -0.2) is 34.2 Å². The van der Waals surface area contributed by atoms with E-state index in [0.29, 0.717) is 28.9 Å². The highest BCUT2D eigenvalue weighted by molar-refractivity contribution is 7.87. The standard InChI is InChI=1S/C24H33N3O6S/c1-13(2)12-26-24(33-34(31,32)15(5)6)22(18(9)25-26)23(28)19-10-11-20(27(29)30)21(17(19)8)16(7)14(3)4/h10-11,13,15H,12H2,1-9H3. The minimum atomic E-state index is -4.01. The van der Waals surface area contributed by atoms with Crippen molar-refractivity contribution in [3.63, 3.8) is 0 Å². The van der Waals surface area contributed by atoms with Gasteiger partial charge in [0.2, 0.25) is 11.7 Å². The summed E-state index contributed by atoms with van der Waals surface area (Å²) in [5.41, 5.74) is 2.86. The Bertz CT molecular complexity index is 1270. The van der Waals surface area contributed by atoms with Crippen molar-refractivity contribution >= 4 is 27.2 Å². The van der Waals surface area contributed by atoms with Crippen LogP contribution in [0, 0.1) is 29.9 Å². The molecule has 1 aromatic carbocycles. The Balaban J connectivity index is 2.82. The van der Waals surface area contributed by atoms with Crippen molar-refractivity contribution in [1.82, 2.24) is 9.78 Å². The van der Waals surface area contributed by atoms with Crippen molar-refractivity contribution in [1.29, 1.82) is 0 Å². The number of aromatic nitrogens is 2. The quantitative estimate of drug-likeness (QED) is 0.204. The van der Waals surface area contributed by atoms with Crippen LogP contribution < -0.4 is 4.18 Å². The molecule has 186 valence electrons. The van der Waals surface area contributed by atoms with Gasteiger partial charge >= 0.3 is 10.1 Å². The number of nitro benzene ring substituents is 1. The zero-order valence-corrected chi connectivity index (χ0v) is 22.0. The first-order valence-corrected chi connectivity index (χ1v) is 12.5. The molecule has 34 heavy (non-hydrogen) atoms. The van der Waals surface area contributed by atoms with Crippen LogP contribution in [0.3, 0.4) is 0 Å². The third kappa shape index (κ3) is 5.38. The molecule has 2 aromatic rings. The Morgan fingerprint density at radius 1 is 1.12 bits per heavy atom. The summed E-state index contributed by atoms with van der Waals surface area (Å²) in [4.78, 5) is 25.0. The summed E-state index contributed by atoms with van der Waals surface area (Å²) in [6.45, 7) is 15.9. The maximum atomic E-state index is 13.8. The Hall–Kier alpha value is -3.01. The molecule has 0 aliphatic rings. The molecule has 0 bridgehead atoms. The van der Waals surface area contributed by atoms with Gasteiger partial charge in [0.25, 0.3) is 5.69 Å². The number of carbonyl (C=O) groups excluding carboxylic acids is 1. The molecule has 0 aliphatic heterocycles. The van der Waals surface area contributed by atoms with Crippen LogP contribution in [-0.2, 0) is 16.7 Å². The van der Waals surface area contributed by atoms with Gasteiger partial charge in [-0.3, -0.25) is 14.9 Å². The Kier molecular flexibility index (Phi) is 8.08. The van der Waals surface area contributed by atoms with Crippen LogP contribution in [0.15, 0.2) is 17.7 Å². The summed E-state index contributed by atoms with van der Waals surface area (Å²) in [6.07, 6.45) is 0. The van der Waals surface area contributed by atoms with Crippen LogP contribution in [0.25, 0.3) is 5.57 Å². The fourth-order valence-corrected chi connectivity index (χ4v) is 4.12. The second-order valence-electron chi connectivity index (χ2n) is 9.31. The van der Waals surface area contributed by atoms with Gasteiger partial charge in [-0.05, 0) is 71.6 Å². The topological polar surface area (TPSA) is 121 Å². The highest BCUT2D eigenvalue weighted by Gasteiger charge is 2.32. The highest BCUT2D eigenvalue weighted by atomic mass is 32.2. The van der Waals surface area contributed by atoms with Crippen LogP contribution in [0.4, 0.5) is 5.69 Å². The summed E-state index contributed by atoms with van der Waals surface area (Å²) < 4.78 is 32.1. The Morgan fingerprint density at radius 3 is 2.18 bits per heavy atom. The van der Waals surface area contributed by atoms with Gasteiger partial charge in [0.1, 0.15) is 5.56 Å². The summed E-state index contributed by atoms with van der Waals surface area (Å²) in [5.74, 6) is -0.529. The zero-order valence-electron chi connectivity index (χ0n) is 21.2. The van der Waals surface area contributed by atoms with Crippen LogP contribution in [0.5, 0.6) is 5.88 Å². The fourth-order valence-electron chi connectivity index (χ4n) is 3.54. The number of nitro groups is 1. The smallest absolute Gasteiger partial charge is 0.313 e. The van der Waals surface area contributed by atoms with E-state index in [-0.39, 0.29) is 28.6 Å². The lowest BCUT2D eigenvalue weighted by Gasteiger charge is -2.16. The molecule has 0 saturated carbocycles. The molecule has 0 atom stereocenters. The maximum Gasteiger partial charge on any atom is 0.313 e. The van der Waals surface area contributed by atoms with Crippen molar-refractivity contribution < 1.29 is 22.3 Å². The van der Waals surface area contributed by atoms with Gasteiger partial charge in [0.05, 0.1) is 21.4 Å². The van der Waals surface area contributed by atoms with Gasteiger partial charge in [-0.15, -0.1) is 0 Å². The third-order valence-corrected chi connectivity index (χ3v) is 7.17. The average Bonchev–Trinajstić information content (AvgIpc) is 2.99. The van der Waals surface area contributed by atoms with E-state index in [1.165, 1.54) is 30.7 Å². The number of hydrogen-bond donors (Lipinski definition) is 0. The predicted octanol–water partition coefficient (Wildman–Crippen LogP) is 5.23. The van der Waals surface area contributed by atoms with Gasteiger partial charge in [-0.1, -0.05) is 19.4 Å². The number of benzene rings is 1. The normalized spacial score (nSPS) is 11.7. The predicted molar refractivity (Wildman–Crippen MR) is 132 cm³/mol. The summed E-state index contributed by atoms with van der Waals surface area (Å²) in [7, 11) is -4.01. The van der Waals surface area contributed by atoms with Crippen molar-refractivity contribution in [2.24, 2.45) is 5.92 Å². The number of nitrogens with zero attached hydrogens (tertiary/aromatic N) is 3. The van der Waals surface area contributed by atoms with E-state index in [2.05, 4.69) is 5.10 Å². The van der Waals surface area contributed by atoms with Crippen molar-refractivity contribution in [3.8, 4) is 5.88 Å². The molecular formula is C24H33N3O6S. The van der Waals surface area contributed by atoms with E-state index in [0.717, 1.165) is 5.57 Å². The number of hydrogen-bond acceptors (Lipinski definition) is 7. The minimum absolute atomic E-state index is 0.0302. The average molecular weight is 492 g/mol.